The number of fused-ring (bicyclic) bond motifs is 1. The van der Waals surface area contributed by atoms with Crippen LogP contribution in [0.1, 0.15) is 24.0 Å². The number of urea groups is 1. The van der Waals surface area contributed by atoms with E-state index in [1.807, 2.05) is 24.3 Å². The molecule has 3 rings (SSSR count). The highest BCUT2D eigenvalue weighted by molar-refractivity contribution is 9.10. The van der Waals surface area contributed by atoms with E-state index in [9.17, 15) is 19.5 Å². The third-order valence-corrected chi connectivity index (χ3v) is 6.14. The van der Waals surface area contributed by atoms with Crippen LogP contribution in [0.5, 0.6) is 11.5 Å². The zero-order valence-corrected chi connectivity index (χ0v) is 21.2. The van der Waals surface area contributed by atoms with Gasteiger partial charge in [0, 0.05) is 22.0 Å². The fourth-order valence-electron chi connectivity index (χ4n) is 3.74. The minimum atomic E-state index is -0.910. The van der Waals surface area contributed by atoms with Crippen molar-refractivity contribution in [2.24, 2.45) is 11.5 Å². The fraction of sp³-hybridized carbons (Fsp3) is 0.269. The molecule has 0 aromatic heterocycles. The second kappa shape index (κ2) is 12.9. The van der Waals surface area contributed by atoms with Crippen LogP contribution in [0.4, 0.5) is 4.79 Å². The third-order valence-electron chi connectivity index (χ3n) is 5.48. The van der Waals surface area contributed by atoms with Gasteiger partial charge in [-0.15, -0.1) is 0 Å². The Morgan fingerprint density at radius 3 is 2.42 bits per heavy atom. The number of phenols is 1. The lowest BCUT2D eigenvalue weighted by Crippen LogP contribution is -2.42. The van der Waals surface area contributed by atoms with Crippen LogP contribution < -0.4 is 26.8 Å². The molecule has 36 heavy (non-hydrogen) atoms. The van der Waals surface area contributed by atoms with Crippen LogP contribution in [-0.4, -0.2) is 42.1 Å². The number of primary amides is 1. The fourth-order valence-corrected chi connectivity index (χ4v) is 4.36. The van der Waals surface area contributed by atoms with Gasteiger partial charge in [0.25, 0.3) is 0 Å². The molecule has 1 atom stereocenters. The molecule has 0 unspecified atom stereocenters. The summed E-state index contributed by atoms with van der Waals surface area (Å²) in [6.45, 7) is 0.811. The van der Waals surface area contributed by atoms with E-state index in [1.165, 1.54) is 0 Å². The van der Waals surface area contributed by atoms with Crippen molar-refractivity contribution in [3.8, 4) is 11.5 Å². The summed E-state index contributed by atoms with van der Waals surface area (Å²) < 4.78 is 6.88. The Balaban J connectivity index is 1.53. The van der Waals surface area contributed by atoms with Gasteiger partial charge in [-0.2, -0.15) is 0 Å². The van der Waals surface area contributed by atoms with Crippen molar-refractivity contribution >= 4 is 44.5 Å². The maximum atomic E-state index is 12.3. The molecule has 0 spiro atoms. The van der Waals surface area contributed by atoms with Gasteiger partial charge in [-0.1, -0.05) is 52.3 Å². The molecule has 7 N–H and O–H groups in total. The molecule has 0 radical (unpaired) electrons. The molecule has 0 bridgehead atoms. The van der Waals surface area contributed by atoms with Gasteiger partial charge in [0.2, 0.25) is 11.8 Å². The van der Waals surface area contributed by atoms with Crippen molar-refractivity contribution in [1.82, 2.24) is 10.6 Å². The summed E-state index contributed by atoms with van der Waals surface area (Å²) in [7, 11) is 0. The highest BCUT2D eigenvalue weighted by Crippen LogP contribution is 2.36. The maximum Gasteiger partial charge on any atom is 0.318 e. The van der Waals surface area contributed by atoms with Gasteiger partial charge in [0.05, 0.1) is 19.1 Å². The summed E-state index contributed by atoms with van der Waals surface area (Å²) in [5.74, 6) is -0.0453. The number of carbonyl (C=O) groups excluding carboxylic acids is 3. The number of ether oxygens (including phenoxy) is 1. The van der Waals surface area contributed by atoms with Crippen molar-refractivity contribution in [3.63, 3.8) is 0 Å². The van der Waals surface area contributed by atoms with Crippen LogP contribution in [0.25, 0.3) is 10.8 Å². The Labute approximate surface area is 217 Å². The number of nitrogens with two attached hydrogens (primary N) is 2. The number of halogens is 1. The first-order valence-electron chi connectivity index (χ1n) is 11.5. The monoisotopic (exact) mass is 556 g/mol. The summed E-state index contributed by atoms with van der Waals surface area (Å²) in [6.07, 6.45) is 1.63. The molecule has 0 aliphatic rings. The number of hydrogen-bond acceptors (Lipinski definition) is 6. The van der Waals surface area contributed by atoms with Crippen LogP contribution in [-0.2, 0) is 22.4 Å². The summed E-state index contributed by atoms with van der Waals surface area (Å²) in [5.41, 5.74) is 12.5. The Hall–Kier alpha value is -3.63. The minimum Gasteiger partial charge on any atom is -0.508 e. The van der Waals surface area contributed by atoms with Crippen molar-refractivity contribution in [2.45, 2.75) is 31.7 Å². The highest BCUT2D eigenvalue weighted by atomic mass is 79.9. The van der Waals surface area contributed by atoms with Gasteiger partial charge in [-0.3, -0.25) is 14.9 Å². The number of carbonyl (C=O) groups is 3. The number of hydrogen-bond donors (Lipinski definition) is 5. The van der Waals surface area contributed by atoms with Crippen LogP contribution in [0, 0.1) is 0 Å². The molecule has 0 aliphatic heterocycles. The largest absolute Gasteiger partial charge is 0.508 e. The van der Waals surface area contributed by atoms with Gasteiger partial charge in [0.1, 0.15) is 11.5 Å². The van der Waals surface area contributed by atoms with E-state index in [-0.39, 0.29) is 18.1 Å². The van der Waals surface area contributed by atoms with E-state index in [4.69, 9.17) is 16.2 Å². The van der Waals surface area contributed by atoms with Gasteiger partial charge >= 0.3 is 6.03 Å². The lowest BCUT2D eigenvalue weighted by molar-refractivity contribution is -0.122. The summed E-state index contributed by atoms with van der Waals surface area (Å²) in [5, 5.41) is 16.0. The maximum absolute atomic E-state index is 12.3. The quantitative estimate of drug-likeness (QED) is 0.228. The van der Waals surface area contributed by atoms with Crippen LogP contribution >= 0.6 is 15.9 Å². The number of nitrogens with one attached hydrogen (secondary N) is 2. The van der Waals surface area contributed by atoms with Crippen molar-refractivity contribution in [1.29, 1.82) is 0 Å². The number of unbranched alkanes of at least 4 members (excludes halogenated alkanes) is 1. The molecule has 0 saturated carbocycles. The summed E-state index contributed by atoms with van der Waals surface area (Å²) in [4.78, 5) is 35.5. The minimum absolute atomic E-state index is 0.0727. The molecule has 3 aromatic carbocycles. The summed E-state index contributed by atoms with van der Waals surface area (Å²) in [6, 6.07) is 14.4. The number of amides is 4. The second-order valence-electron chi connectivity index (χ2n) is 8.31. The van der Waals surface area contributed by atoms with Crippen molar-refractivity contribution in [2.75, 3.05) is 13.2 Å². The molecule has 0 heterocycles. The standard InChI is InChI=1S/C26H29BrN4O5/c27-21-14-17(15-23(33)31-26(29)35)24(20-6-2-1-5-19(20)21)36-12-4-3-11-30-25(34)22(28)13-16-7-9-18(32)10-8-16/h1-2,5-10,14,22,32H,3-4,11-13,15,28H2,(H,30,34)(H3,29,31,33,35)/t22-/m0/s1. The number of benzene rings is 3. The van der Waals surface area contributed by atoms with Crippen LogP contribution in [0.15, 0.2) is 59.1 Å². The van der Waals surface area contributed by atoms with Crippen LogP contribution in [0.2, 0.25) is 0 Å². The zero-order chi connectivity index (χ0) is 26.1. The first-order chi connectivity index (χ1) is 17.2. The Bertz CT molecular complexity index is 1230. The number of imide groups is 1. The highest BCUT2D eigenvalue weighted by Gasteiger charge is 2.17. The second-order valence-corrected chi connectivity index (χ2v) is 9.16. The lowest BCUT2D eigenvalue weighted by Gasteiger charge is -2.16. The lowest BCUT2D eigenvalue weighted by atomic mass is 10.0. The van der Waals surface area contributed by atoms with E-state index in [2.05, 4.69) is 26.6 Å². The predicted octanol–water partition coefficient (Wildman–Crippen LogP) is 2.89. The molecule has 0 fully saturated rings. The molecular formula is C26H29BrN4O5. The molecule has 190 valence electrons. The SMILES string of the molecule is NC(=O)NC(=O)Cc1cc(Br)c2ccccc2c1OCCCCNC(=O)[C@@H](N)Cc1ccc(O)cc1. The van der Waals surface area contributed by atoms with E-state index >= 15 is 0 Å². The molecular weight excluding hydrogens is 528 g/mol. The first kappa shape index (κ1) is 27.0. The molecule has 9 nitrogen and oxygen atoms in total. The van der Waals surface area contributed by atoms with Gasteiger partial charge in [-0.05, 0) is 48.4 Å². The molecule has 4 amide bonds. The van der Waals surface area contributed by atoms with E-state index in [0.29, 0.717) is 43.7 Å². The van der Waals surface area contributed by atoms with Crippen molar-refractivity contribution < 1.29 is 24.2 Å². The molecule has 10 heteroatoms. The Kier molecular flexibility index (Phi) is 9.66. The molecule has 3 aromatic rings. The van der Waals surface area contributed by atoms with Crippen LogP contribution in [0.3, 0.4) is 0 Å². The number of rotatable bonds is 11. The topological polar surface area (TPSA) is 157 Å². The van der Waals surface area contributed by atoms with E-state index < -0.39 is 18.0 Å². The number of aromatic hydroxyl groups is 1. The normalized spacial score (nSPS) is 11.6. The third kappa shape index (κ3) is 7.69. The van der Waals surface area contributed by atoms with Crippen molar-refractivity contribution in [3.05, 3.63) is 70.2 Å². The molecule has 0 saturated heterocycles. The summed E-state index contributed by atoms with van der Waals surface area (Å²) >= 11 is 3.53. The predicted molar refractivity (Wildman–Crippen MR) is 141 cm³/mol. The zero-order valence-electron chi connectivity index (χ0n) is 19.6. The average Bonchev–Trinajstić information content (AvgIpc) is 2.83. The molecule has 0 aliphatic carbocycles. The number of phenolic OH excluding ortho intramolecular Hbond substituents is 1. The Morgan fingerprint density at radius 1 is 1.03 bits per heavy atom. The smallest absolute Gasteiger partial charge is 0.318 e. The van der Waals surface area contributed by atoms with E-state index in [1.54, 1.807) is 30.3 Å². The van der Waals surface area contributed by atoms with Gasteiger partial charge < -0.3 is 26.6 Å². The van der Waals surface area contributed by atoms with E-state index in [0.717, 1.165) is 20.8 Å². The van der Waals surface area contributed by atoms with Gasteiger partial charge in [-0.25, -0.2) is 4.79 Å². The van der Waals surface area contributed by atoms with Gasteiger partial charge in [0.15, 0.2) is 0 Å². The first-order valence-corrected chi connectivity index (χ1v) is 12.3. The average molecular weight is 557 g/mol. The Morgan fingerprint density at radius 2 is 1.72 bits per heavy atom.